The summed E-state index contributed by atoms with van der Waals surface area (Å²) >= 11 is 0. The van der Waals surface area contributed by atoms with Crippen molar-refractivity contribution in [3.8, 4) is 23.1 Å². The van der Waals surface area contributed by atoms with Crippen LogP contribution in [-0.2, 0) is 28.6 Å². The number of halogens is 6. The van der Waals surface area contributed by atoms with Gasteiger partial charge in [-0.2, -0.15) is 0 Å². The number of carboxylic acid groups (broad SMARTS) is 1. The van der Waals surface area contributed by atoms with Crippen molar-refractivity contribution >= 4 is 50.9 Å². The summed E-state index contributed by atoms with van der Waals surface area (Å²) in [7, 11) is 6.65. The Morgan fingerprint density at radius 3 is 1.69 bits per heavy atom. The van der Waals surface area contributed by atoms with Crippen molar-refractivity contribution in [3.63, 3.8) is 0 Å². The highest BCUT2D eigenvalue weighted by atomic mass is 19.2. The quantitative estimate of drug-likeness (QED) is 0.0742. The maximum absolute atomic E-state index is 14.8. The Kier molecular flexibility index (Phi) is 17.8. The van der Waals surface area contributed by atoms with Crippen LogP contribution in [0.15, 0.2) is 126 Å². The van der Waals surface area contributed by atoms with E-state index in [2.05, 4.69) is 40.9 Å². The van der Waals surface area contributed by atoms with Gasteiger partial charge in [0.2, 0.25) is 11.8 Å². The van der Waals surface area contributed by atoms with Crippen molar-refractivity contribution in [1.29, 1.82) is 0 Å². The van der Waals surface area contributed by atoms with Gasteiger partial charge >= 0.3 is 0 Å². The van der Waals surface area contributed by atoms with E-state index < -0.39 is 59.4 Å². The minimum Gasteiger partial charge on any atom is -0.483 e. The molecule has 422 valence electrons. The number of nitrogens with zero attached hydrogens (tertiary/aromatic N) is 10. The zero-order valence-electron chi connectivity index (χ0n) is 44.5. The van der Waals surface area contributed by atoms with Crippen LogP contribution in [0.5, 0.6) is 11.8 Å². The Hall–Kier alpha value is -9.53. The number of methoxy groups -OCH3 is 2. The fourth-order valence-corrected chi connectivity index (χ4v) is 8.48. The molecule has 0 fully saturated rings. The Morgan fingerprint density at radius 1 is 0.630 bits per heavy atom. The molecule has 0 aliphatic carbocycles. The number of fused-ring (bicyclic) bond motifs is 3. The number of aliphatic imine (C=N–C) groups is 2. The first-order chi connectivity index (χ1) is 38.8. The molecule has 20 nitrogen and oxygen atoms in total. The van der Waals surface area contributed by atoms with E-state index in [4.69, 9.17) is 34.0 Å². The Bertz CT molecular complexity index is 3930. The number of aliphatic hydroxyl groups excluding tert-OH is 1. The molecule has 9 heterocycles. The summed E-state index contributed by atoms with van der Waals surface area (Å²) in [5.41, 5.74) is 12.2. The van der Waals surface area contributed by atoms with Gasteiger partial charge in [0, 0.05) is 72.3 Å². The molecule has 0 bridgehead atoms. The number of hydrogen-bond acceptors (Lipinski definition) is 14. The van der Waals surface area contributed by atoms with E-state index in [0.717, 1.165) is 41.0 Å². The number of pyridine rings is 2. The lowest BCUT2D eigenvalue weighted by Gasteiger charge is -2.27. The second-order valence-electron chi connectivity index (χ2n) is 18.0. The first kappa shape index (κ1) is 57.6. The van der Waals surface area contributed by atoms with Gasteiger partial charge in [0.1, 0.15) is 41.0 Å². The van der Waals surface area contributed by atoms with Crippen LogP contribution in [0.25, 0.3) is 44.1 Å². The van der Waals surface area contributed by atoms with Crippen LogP contribution in [0, 0.1) is 48.8 Å². The zero-order valence-corrected chi connectivity index (χ0v) is 44.5. The number of aromatic amines is 1. The van der Waals surface area contributed by atoms with Gasteiger partial charge in [0.25, 0.3) is 6.47 Å². The molecule has 0 radical (unpaired) electrons. The van der Waals surface area contributed by atoms with Gasteiger partial charge in [0.15, 0.2) is 52.8 Å². The number of ether oxygens (including phenoxy) is 2. The number of aliphatic hydroxyl groups is 1. The summed E-state index contributed by atoms with van der Waals surface area (Å²) in [6.45, 7) is 7.08. The highest BCUT2D eigenvalue weighted by Crippen LogP contribution is 2.36. The van der Waals surface area contributed by atoms with Crippen LogP contribution in [0.1, 0.15) is 48.2 Å². The smallest absolute Gasteiger partial charge is 0.290 e. The Balaban J connectivity index is 0.000000153. The number of rotatable bonds is 7. The zero-order chi connectivity index (χ0) is 58.2. The summed E-state index contributed by atoms with van der Waals surface area (Å²) in [5.74, 6) is -3.45. The number of H-pyrrole nitrogens is 1. The number of hydroxylamine groups is 2. The first-order valence-electron chi connectivity index (χ1n) is 24.5. The molecule has 5 N–H and O–H groups in total. The Morgan fingerprint density at radius 2 is 1.15 bits per heavy atom. The van der Waals surface area contributed by atoms with Crippen LogP contribution in [-0.4, -0.2) is 104 Å². The average molecular weight is 1120 g/mol. The largest absolute Gasteiger partial charge is 0.483 e. The summed E-state index contributed by atoms with van der Waals surface area (Å²) in [5, 5.41) is 17.5. The third-order valence-corrected chi connectivity index (χ3v) is 12.6. The summed E-state index contributed by atoms with van der Waals surface area (Å²) in [6, 6.07) is 17.7. The van der Waals surface area contributed by atoms with E-state index in [9.17, 15) is 31.4 Å². The number of aromatic nitrogens is 9. The number of nitrogens with one attached hydrogen (secondary N) is 3. The number of hydrogen-bond donors (Lipinski definition) is 5. The molecule has 2 aliphatic heterocycles. The second-order valence-corrected chi connectivity index (χ2v) is 18.0. The van der Waals surface area contributed by atoms with Gasteiger partial charge < -0.3 is 42.9 Å². The summed E-state index contributed by atoms with van der Waals surface area (Å²) in [4.78, 5) is 48.4. The van der Waals surface area contributed by atoms with Crippen molar-refractivity contribution in [3.05, 3.63) is 180 Å². The molecule has 0 saturated heterocycles. The molecule has 12 rings (SSSR count). The third-order valence-electron chi connectivity index (χ3n) is 12.6. The molecule has 26 heteroatoms. The monoisotopic (exact) mass is 1120 g/mol. The van der Waals surface area contributed by atoms with Crippen molar-refractivity contribution in [2.45, 2.75) is 52.2 Å². The Labute approximate surface area is 457 Å². The van der Waals surface area contributed by atoms with E-state index >= 15 is 0 Å². The highest BCUT2D eigenvalue weighted by molar-refractivity contribution is 5.98. The van der Waals surface area contributed by atoms with E-state index in [1.165, 1.54) is 19.2 Å². The maximum atomic E-state index is 14.8. The number of amidine groups is 2. The lowest BCUT2D eigenvalue weighted by atomic mass is 10.0. The van der Waals surface area contributed by atoms with Crippen molar-refractivity contribution in [1.82, 2.24) is 54.1 Å². The predicted octanol–water partition coefficient (Wildman–Crippen LogP) is 8.94. The molecular weight excluding hydrogens is 1070 g/mol. The standard InChI is InChI=1S/C23H22F2N6O2.C14H17N5O3.C9H7F2N.C8H5F2N.CH2O2/c1-12-9-31(11-26-12)18-8-6-16(27-23(18)32-4)22-28-21(13(2)33-29-22)14-10-30(3)17-7-5-15(24)20(25)19(14)17;1-8-6-19(7-15-8)11-5-4-10(16-14(11)21-3)12-17-13(20)9(2)22-18-12;1-12-5-4-6-8(12)3-2-7(10)9(6)11;9-6-1-2-7-5(8(6)10)3-4-11-7;2-1-3/h5-11,13,21H,1-4H3,(H,28,29);4-7,9,13,20H,1-3H3,(H,17,18);2-5H,1H3;1-4,11H;1H,(H,2,3). The van der Waals surface area contributed by atoms with Crippen LogP contribution < -0.4 is 20.4 Å². The van der Waals surface area contributed by atoms with Gasteiger partial charge in [-0.25, -0.2) is 62.2 Å². The predicted molar refractivity (Wildman–Crippen MR) is 287 cm³/mol. The molecule has 0 amide bonds. The summed E-state index contributed by atoms with van der Waals surface area (Å²) in [6.07, 6.45) is 10.4. The molecule has 7 aromatic heterocycles. The van der Waals surface area contributed by atoms with Crippen LogP contribution in [0.2, 0.25) is 0 Å². The molecule has 4 atom stereocenters. The van der Waals surface area contributed by atoms with Crippen molar-refractivity contribution in [2.75, 3.05) is 14.2 Å². The fraction of sp³-hybridized carbons (Fsp3) is 0.218. The van der Waals surface area contributed by atoms with E-state index in [0.29, 0.717) is 67.7 Å². The molecule has 4 unspecified atom stereocenters. The van der Waals surface area contributed by atoms with Gasteiger partial charge in [-0.3, -0.25) is 19.5 Å². The number of imidazole rings is 2. The molecule has 3 aromatic carbocycles. The minimum absolute atomic E-state index is 0.194. The van der Waals surface area contributed by atoms with E-state index in [1.54, 1.807) is 98.8 Å². The normalized spacial score (nSPS) is 16.4. The summed E-state index contributed by atoms with van der Waals surface area (Å²) < 4.78 is 97.8. The molecule has 0 spiro atoms. The third kappa shape index (κ3) is 12.5. The molecule has 0 saturated carbocycles. The van der Waals surface area contributed by atoms with E-state index in [1.807, 2.05) is 54.4 Å². The highest BCUT2D eigenvalue weighted by Gasteiger charge is 2.31. The SMILES string of the molecule is COc1nc(C2=NC(O)C(C)ON2)ccc1-n1cnc(C)c1.COc1nc(C2=NC(c3cn(C)c4ccc(F)c(F)c34)C(C)ON2)ccc1-n1cnc(C)c1.Cn1ccc2c(F)c(F)ccc21.Fc1ccc2[nH]ccc2c1F.O=CO. The average Bonchev–Trinajstić information content (AvgIpc) is 4.34. The van der Waals surface area contributed by atoms with Crippen molar-refractivity contribution < 1.29 is 60.5 Å². The number of aryl methyl sites for hydroxylation is 4. The molecule has 2 aliphatic rings. The first-order valence-corrected chi connectivity index (χ1v) is 24.5. The van der Waals surface area contributed by atoms with Gasteiger partial charge in [-0.1, -0.05) is 0 Å². The van der Waals surface area contributed by atoms with Crippen LogP contribution in [0.4, 0.5) is 26.3 Å². The fourth-order valence-electron chi connectivity index (χ4n) is 8.48. The second kappa shape index (κ2) is 25.1. The van der Waals surface area contributed by atoms with Crippen molar-refractivity contribution in [2.24, 2.45) is 24.1 Å². The van der Waals surface area contributed by atoms with Crippen LogP contribution in [0.3, 0.4) is 0 Å². The molecule has 81 heavy (non-hydrogen) atoms. The molecule has 10 aromatic rings. The number of carbonyl (C=O) groups is 1. The van der Waals surface area contributed by atoms with E-state index in [-0.39, 0.29) is 11.9 Å². The van der Waals surface area contributed by atoms with Gasteiger partial charge in [-0.05, 0) is 100 Å². The maximum Gasteiger partial charge on any atom is 0.290 e. The van der Waals surface area contributed by atoms with Crippen LogP contribution >= 0.6 is 0 Å². The molecular formula is C55H53F6N13O7. The lowest BCUT2D eigenvalue weighted by molar-refractivity contribution is -0.122. The van der Waals surface area contributed by atoms with Gasteiger partial charge in [-0.15, -0.1) is 0 Å². The topological polar surface area (TPSA) is 230 Å². The lowest BCUT2D eigenvalue weighted by Crippen LogP contribution is -2.41. The minimum atomic E-state index is -0.931. The van der Waals surface area contributed by atoms with Gasteiger partial charge in [0.05, 0.1) is 49.3 Å². The number of benzene rings is 3.